The number of piperidine rings is 1. The van der Waals surface area contributed by atoms with Crippen molar-refractivity contribution in [2.45, 2.75) is 44.6 Å². The molecule has 2 aliphatic rings. The highest BCUT2D eigenvalue weighted by molar-refractivity contribution is 7.89. The van der Waals surface area contributed by atoms with Gasteiger partial charge < -0.3 is 15.4 Å². The van der Waals surface area contributed by atoms with Gasteiger partial charge in [-0.1, -0.05) is 0 Å². The van der Waals surface area contributed by atoms with Gasteiger partial charge in [0.15, 0.2) is 11.9 Å². The molecule has 2 aromatic carbocycles. The molecule has 1 fully saturated rings. The molecule has 0 aliphatic carbocycles. The first-order chi connectivity index (χ1) is 16.1. The van der Waals surface area contributed by atoms with E-state index in [1.807, 2.05) is 0 Å². The Morgan fingerprint density at radius 2 is 1.88 bits per heavy atom. The molecule has 9 nitrogen and oxygen atoms in total. The summed E-state index contributed by atoms with van der Waals surface area (Å²) in [7, 11) is -3.89. The van der Waals surface area contributed by atoms with Crippen molar-refractivity contribution in [3.8, 4) is 5.75 Å². The van der Waals surface area contributed by atoms with Crippen LogP contribution in [0.2, 0.25) is 0 Å². The molecule has 0 saturated carbocycles. The molecule has 180 valence electrons. The lowest BCUT2D eigenvalue weighted by Crippen LogP contribution is -2.44. The van der Waals surface area contributed by atoms with Gasteiger partial charge in [0, 0.05) is 30.4 Å². The predicted octanol–water partition coefficient (Wildman–Crippen LogP) is 2.96. The first kappa shape index (κ1) is 23.9. The molecule has 1 saturated heterocycles. The number of ether oxygens (including phenoxy) is 1. The van der Waals surface area contributed by atoms with E-state index in [0.717, 1.165) is 0 Å². The van der Waals surface area contributed by atoms with Crippen molar-refractivity contribution in [2.24, 2.45) is 5.92 Å². The smallest absolute Gasteiger partial charge is 0.265 e. The topological polar surface area (TPSA) is 122 Å². The largest absolute Gasteiger partial charge is 0.479 e. The molecule has 2 heterocycles. The van der Waals surface area contributed by atoms with Gasteiger partial charge in [-0.2, -0.15) is 4.31 Å². The molecular weight excluding hydrogens is 458 g/mol. The first-order valence-corrected chi connectivity index (χ1v) is 12.5. The molecule has 0 spiro atoms. The number of ketones is 1. The maximum absolute atomic E-state index is 13.5. The first-order valence-electron chi connectivity index (χ1n) is 11.1. The van der Waals surface area contributed by atoms with Gasteiger partial charge in [-0.3, -0.25) is 14.4 Å². The van der Waals surface area contributed by atoms with Crippen molar-refractivity contribution in [3.63, 3.8) is 0 Å². The summed E-state index contributed by atoms with van der Waals surface area (Å²) in [4.78, 5) is 36.2. The fourth-order valence-corrected chi connectivity index (χ4v) is 5.91. The quantitative estimate of drug-likeness (QED) is 0.628. The normalized spacial score (nSPS) is 20.6. The van der Waals surface area contributed by atoms with Crippen molar-refractivity contribution in [2.75, 3.05) is 23.7 Å². The van der Waals surface area contributed by atoms with Crippen LogP contribution in [-0.4, -0.2) is 49.5 Å². The van der Waals surface area contributed by atoms with Gasteiger partial charge in [-0.15, -0.1) is 0 Å². The van der Waals surface area contributed by atoms with Gasteiger partial charge >= 0.3 is 0 Å². The zero-order valence-corrected chi connectivity index (χ0v) is 20.1. The lowest BCUT2D eigenvalue weighted by molar-refractivity contribution is -0.123. The Hall–Kier alpha value is -3.24. The van der Waals surface area contributed by atoms with Crippen LogP contribution < -0.4 is 15.4 Å². The van der Waals surface area contributed by atoms with Crippen molar-refractivity contribution >= 4 is 39.0 Å². The maximum atomic E-state index is 13.5. The van der Waals surface area contributed by atoms with Gasteiger partial charge in [0.2, 0.25) is 15.9 Å². The highest BCUT2D eigenvalue weighted by Gasteiger charge is 2.35. The molecule has 0 unspecified atom stereocenters. The van der Waals surface area contributed by atoms with Crippen molar-refractivity contribution in [1.82, 2.24) is 4.31 Å². The van der Waals surface area contributed by atoms with Crippen LogP contribution in [-0.2, 0) is 19.6 Å². The van der Waals surface area contributed by atoms with Crippen molar-refractivity contribution in [1.29, 1.82) is 0 Å². The lowest BCUT2D eigenvalue weighted by atomic mass is 9.98. The fourth-order valence-electron chi connectivity index (χ4n) is 4.17. The zero-order valence-electron chi connectivity index (χ0n) is 19.3. The number of nitrogens with one attached hydrogen (secondary N) is 2. The SMILES string of the molecule is CC(=O)c1ccc(NC(=O)[C@@H]2CCCN(S(=O)(=O)c3cc4c(cc3C)NC(=O)[C@H](C)O4)C2)cc1. The summed E-state index contributed by atoms with van der Waals surface area (Å²) in [6.07, 6.45) is 0.395. The summed E-state index contributed by atoms with van der Waals surface area (Å²) >= 11 is 0. The van der Waals surface area contributed by atoms with E-state index in [9.17, 15) is 22.8 Å². The molecule has 2 N–H and O–H groups in total. The number of carbonyl (C=O) groups is 3. The monoisotopic (exact) mass is 485 g/mol. The van der Waals surface area contributed by atoms with E-state index in [1.54, 1.807) is 44.2 Å². The molecule has 0 aromatic heterocycles. The molecular formula is C24H27N3O6S. The van der Waals surface area contributed by atoms with Crippen molar-refractivity contribution in [3.05, 3.63) is 47.5 Å². The average molecular weight is 486 g/mol. The summed E-state index contributed by atoms with van der Waals surface area (Å²) in [5.41, 5.74) is 2.01. The number of anilines is 2. The van der Waals surface area contributed by atoms with Crippen LogP contribution in [0.25, 0.3) is 0 Å². The molecule has 2 aliphatic heterocycles. The number of Topliss-reactive ketones (excluding diaryl/α,β-unsaturated/α-hetero) is 1. The Balaban J connectivity index is 1.51. The summed E-state index contributed by atoms with van der Waals surface area (Å²) < 4.78 is 33.9. The number of sulfonamides is 1. The Labute approximate surface area is 198 Å². The highest BCUT2D eigenvalue weighted by atomic mass is 32.2. The van der Waals surface area contributed by atoms with Crippen molar-refractivity contribution < 1.29 is 27.5 Å². The van der Waals surface area contributed by atoms with Gasteiger partial charge in [0.05, 0.1) is 16.5 Å². The summed E-state index contributed by atoms with van der Waals surface area (Å²) in [6, 6.07) is 9.62. The van der Waals surface area contributed by atoms with E-state index in [4.69, 9.17) is 4.74 Å². The maximum Gasteiger partial charge on any atom is 0.265 e. The molecule has 4 rings (SSSR count). The number of nitrogens with zero attached hydrogens (tertiary/aromatic N) is 1. The minimum Gasteiger partial charge on any atom is -0.479 e. The number of carbonyl (C=O) groups excluding carboxylic acids is 3. The number of amides is 2. The molecule has 34 heavy (non-hydrogen) atoms. The van der Waals surface area contributed by atoms with E-state index in [1.165, 1.54) is 17.3 Å². The fraction of sp³-hybridized carbons (Fsp3) is 0.375. The van der Waals surface area contributed by atoms with Crippen LogP contribution >= 0.6 is 0 Å². The average Bonchev–Trinajstić information content (AvgIpc) is 2.80. The Morgan fingerprint density at radius 1 is 1.18 bits per heavy atom. The Bertz CT molecular complexity index is 1260. The zero-order chi connectivity index (χ0) is 24.6. The van der Waals surface area contributed by atoms with Gasteiger partial charge in [0.25, 0.3) is 5.91 Å². The second-order valence-electron chi connectivity index (χ2n) is 8.69. The van der Waals surface area contributed by atoms with E-state index in [-0.39, 0.29) is 29.0 Å². The summed E-state index contributed by atoms with van der Waals surface area (Å²) in [6.45, 7) is 5.09. The Morgan fingerprint density at radius 3 is 2.56 bits per heavy atom. The number of fused-ring (bicyclic) bond motifs is 1. The van der Waals surface area contributed by atoms with Gasteiger partial charge in [0.1, 0.15) is 5.75 Å². The summed E-state index contributed by atoms with van der Waals surface area (Å²) in [5, 5.41) is 5.54. The van der Waals surface area contributed by atoms with Crippen LogP contribution in [0.5, 0.6) is 5.75 Å². The predicted molar refractivity (Wildman–Crippen MR) is 126 cm³/mol. The van der Waals surface area contributed by atoms with Crippen LogP contribution in [0, 0.1) is 12.8 Å². The molecule has 10 heteroatoms. The molecule has 0 bridgehead atoms. The van der Waals surface area contributed by atoms with Gasteiger partial charge in [-0.05, 0) is 69.5 Å². The second kappa shape index (κ2) is 9.19. The van der Waals surface area contributed by atoms with E-state index in [0.29, 0.717) is 47.6 Å². The molecule has 2 aromatic rings. The Kier molecular flexibility index (Phi) is 6.46. The number of hydrogen-bond acceptors (Lipinski definition) is 6. The van der Waals surface area contributed by atoms with Crippen LogP contribution in [0.1, 0.15) is 42.6 Å². The third-order valence-corrected chi connectivity index (χ3v) is 8.15. The van der Waals surface area contributed by atoms with Gasteiger partial charge in [-0.25, -0.2) is 8.42 Å². The summed E-state index contributed by atoms with van der Waals surface area (Å²) in [5.74, 6) is -0.826. The van der Waals surface area contributed by atoms with E-state index in [2.05, 4.69) is 10.6 Å². The number of benzene rings is 2. The number of hydrogen-bond donors (Lipinski definition) is 2. The minimum atomic E-state index is -3.89. The van der Waals surface area contributed by atoms with E-state index < -0.39 is 22.0 Å². The van der Waals surface area contributed by atoms with Crippen LogP contribution in [0.15, 0.2) is 41.3 Å². The lowest BCUT2D eigenvalue weighted by Gasteiger charge is -2.32. The third-order valence-electron chi connectivity index (χ3n) is 6.14. The standard InChI is InChI=1S/C24H27N3O6S/c1-14-11-20-21(33-16(3)23(29)26-20)12-22(14)34(31,32)27-10-4-5-18(13-27)24(30)25-19-8-6-17(7-9-19)15(2)28/h6-9,11-12,16,18H,4-5,10,13H2,1-3H3,(H,25,30)(H,26,29)/t16-,18+/m0/s1. The van der Waals surface area contributed by atoms with Crippen LogP contribution in [0.4, 0.5) is 11.4 Å². The van der Waals surface area contributed by atoms with E-state index >= 15 is 0 Å². The molecule has 0 radical (unpaired) electrons. The van der Waals surface area contributed by atoms with Crippen LogP contribution in [0.3, 0.4) is 0 Å². The third kappa shape index (κ3) is 4.69. The number of aryl methyl sites for hydroxylation is 1. The highest BCUT2D eigenvalue weighted by Crippen LogP contribution is 2.36. The molecule has 2 atom stereocenters. The number of rotatable bonds is 5. The molecule has 2 amide bonds. The minimum absolute atomic E-state index is 0.0597. The second-order valence-corrected chi connectivity index (χ2v) is 10.6.